The third-order valence-electron chi connectivity index (χ3n) is 7.33. The summed E-state index contributed by atoms with van der Waals surface area (Å²) in [6.45, 7) is 1.05. The number of fused-ring (bicyclic) bond motifs is 1. The summed E-state index contributed by atoms with van der Waals surface area (Å²) < 4.78 is 11.0. The Hall–Kier alpha value is -2.44. The standard InChI is InChI=1S/C25H32ClN3O3/c1-28-14-13-25(17-5-10-21(31-3)22(15-17)32-4)12-11-19(16-23(25)28)27-24(30)29(2)20-8-6-18(26)7-9-20/h5-10,15,19,23H,11-14,16H2,1-4H3,(H,27,30)/t19-,23-,25-/m0/s1. The maximum Gasteiger partial charge on any atom is 0.321 e. The smallest absolute Gasteiger partial charge is 0.321 e. The molecule has 2 aliphatic rings. The first-order valence-corrected chi connectivity index (χ1v) is 11.5. The normalized spacial score (nSPS) is 25.2. The van der Waals surface area contributed by atoms with Crippen LogP contribution in [0.5, 0.6) is 11.5 Å². The molecule has 1 heterocycles. The van der Waals surface area contributed by atoms with Gasteiger partial charge in [0.05, 0.1) is 14.2 Å². The summed E-state index contributed by atoms with van der Waals surface area (Å²) in [6, 6.07) is 14.0. The molecule has 7 heteroatoms. The van der Waals surface area contributed by atoms with Crippen LogP contribution in [-0.4, -0.2) is 57.9 Å². The number of hydrogen-bond acceptors (Lipinski definition) is 4. The molecule has 1 saturated heterocycles. The number of benzene rings is 2. The number of nitrogens with zero attached hydrogens (tertiary/aromatic N) is 2. The van der Waals surface area contributed by atoms with E-state index in [0.717, 1.165) is 49.4 Å². The second-order valence-corrected chi connectivity index (χ2v) is 9.36. The van der Waals surface area contributed by atoms with Gasteiger partial charge in [0.25, 0.3) is 0 Å². The van der Waals surface area contributed by atoms with Crippen molar-refractivity contribution in [1.82, 2.24) is 10.2 Å². The lowest BCUT2D eigenvalue weighted by atomic mass is 9.65. The molecule has 1 aliphatic heterocycles. The van der Waals surface area contributed by atoms with E-state index in [1.54, 1.807) is 38.3 Å². The van der Waals surface area contributed by atoms with Gasteiger partial charge in [-0.1, -0.05) is 17.7 Å². The van der Waals surface area contributed by atoms with Crippen molar-refractivity contribution in [1.29, 1.82) is 0 Å². The third-order valence-corrected chi connectivity index (χ3v) is 7.58. The van der Waals surface area contributed by atoms with Gasteiger partial charge < -0.3 is 19.7 Å². The van der Waals surface area contributed by atoms with E-state index in [4.69, 9.17) is 21.1 Å². The summed E-state index contributed by atoms with van der Waals surface area (Å²) in [7, 11) is 7.33. The van der Waals surface area contributed by atoms with Gasteiger partial charge in [0.2, 0.25) is 0 Å². The maximum atomic E-state index is 12.9. The Morgan fingerprint density at radius 2 is 1.84 bits per heavy atom. The number of anilines is 1. The lowest BCUT2D eigenvalue weighted by molar-refractivity contribution is 0.155. The van der Waals surface area contributed by atoms with Crippen molar-refractivity contribution >= 4 is 23.3 Å². The molecule has 3 atom stereocenters. The molecule has 2 aromatic rings. The summed E-state index contributed by atoms with van der Waals surface area (Å²) in [4.78, 5) is 17.0. The van der Waals surface area contributed by atoms with Crippen molar-refractivity contribution in [3.63, 3.8) is 0 Å². The van der Waals surface area contributed by atoms with E-state index in [1.165, 1.54) is 5.56 Å². The number of carbonyl (C=O) groups excluding carboxylic acids is 1. The molecule has 2 amide bonds. The minimum Gasteiger partial charge on any atom is -0.493 e. The number of carbonyl (C=O) groups is 1. The summed E-state index contributed by atoms with van der Waals surface area (Å²) in [5.74, 6) is 1.52. The summed E-state index contributed by atoms with van der Waals surface area (Å²) >= 11 is 5.98. The van der Waals surface area contributed by atoms with Crippen molar-refractivity contribution in [3.05, 3.63) is 53.1 Å². The number of likely N-dealkylation sites (N-methyl/N-ethyl adjacent to an activating group) is 1. The van der Waals surface area contributed by atoms with Crippen LogP contribution in [0.4, 0.5) is 10.5 Å². The summed E-state index contributed by atoms with van der Waals surface area (Å²) in [5, 5.41) is 3.92. The third kappa shape index (κ3) is 4.14. The predicted molar refractivity (Wildman–Crippen MR) is 128 cm³/mol. The lowest BCUT2D eigenvalue weighted by Crippen LogP contribution is -2.53. The Morgan fingerprint density at radius 1 is 1.12 bits per heavy atom. The highest BCUT2D eigenvalue weighted by molar-refractivity contribution is 6.30. The average molecular weight is 458 g/mol. The minimum absolute atomic E-state index is 0.0671. The molecule has 172 valence electrons. The molecule has 0 bridgehead atoms. The van der Waals surface area contributed by atoms with Crippen LogP contribution in [0.15, 0.2) is 42.5 Å². The number of ether oxygens (including phenoxy) is 2. The zero-order valence-electron chi connectivity index (χ0n) is 19.2. The SMILES string of the molecule is COc1ccc([C@@]23CC[C@H](NC(=O)N(C)c4ccc(Cl)cc4)C[C@@H]2N(C)CC3)cc1OC. The van der Waals surface area contributed by atoms with Crippen LogP contribution in [0, 0.1) is 0 Å². The topological polar surface area (TPSA) is 54.0 Å². The van der Waals surface area contributed by atoms with Gasteiger partial charge in [-0.15, -0.1) is 0 Å². The number of rotatable bonds is 5. The van der Waals surface area contributed by atoms with Gasteiger partial charge >= 0.3 is 6.03 Å². The highest BCUT2D eigenvalue weighted by Crippen LogP contribution is 2.49. The Balaban J connectivity index is 1.50. The van der Waals surface area contributed by atoms with Crippen molar-refractivity contribution in [2.45, 2.75) is 43.2 Å². The van der Waals surface area contributed by atoms with E-state index in [2.05, 4.69) is 29.4 Å². The number of nitrogens with one attached hydrogen (secondary N) is 1. The minimum atomic E-state index is -0.0865. The van der Waals surface area contributed by atoms with Crippen molar-refractivity contribution < 1.29 is 14.3 Å². The van der Waals surface area contributed by atoms with Gasteiger partial charge in [-0.3, -0.25) is 4.90 Å². The van der Waals surface area contributed by atoms with E-state index in [1.807, 2.05) is 18.2 Å². The van der Waals surface area contributed by atoms with Gasteiger partial charge in [-0.05, 0) is 81.2 Å². The van der Waals surface area contributed by atoms with Crippen molar-refractivity contribution in [2.24, 2.45) is 0 Å². The quantitative estimate of drug-likeness (QED) is 0.707. The van der Waals surface area contributed by atoms with E-state index < -0.39 is 0 Å². The second-order valence-electron chi connectivity index (χ2n) is 8.93. The molecule has 0 radical (unpaired) electrons. The molecule has 32 heavy (non-hydrogen) atoms. The average Bonchev–Trinajstić information content (AvgIpc) is 3.15. The van der Waals surface area contributed by atoms with Crippen LogP contribution in [-0.2, 0) is 5.41 Å². The Morgan fingerprint density at radius 3 is 2.53 bits per heavy atom. The highest BCUT2D eigenvalue weighted by Gasteiger charge is 2.50. The fraction of sp³-hybridized carbons (Fsp3) is 0.480. The van der Waals surface area contributed by atoms with E-state index >= 15 is 0 Å². The van der Waals surface area contributed by atoms with Gasteiger partial charge in [0.15, 0.2) is 11.5 Å². The second kappa shape index (κ2) is 9.20. The summed E-state index contributed by atoms with van der Waals surface area (Å²) in [5.41, 5.74) is 2.19. The van der Waals surface area contributed by atoms with Crippen LogP contribution in [0.3, 0.4) is 0 Å². The monoisotopic (exact) mass is 457 g/mol. The number of hydrogen-bond donors (Lipinski definition) is 1. The molecule has 0 unspecified atom stereocenters. The number of amides is 2. The zero-order valence-corrected chi connectivity index (χ0v) is 20.0. The molecule has 1 saturated carbocycles. The van der Waals surface area contributed by atoms with Crippen molar-refractivity contribution in [2.75, 3.05) is 39.8 Å². The maximum absolute atomic E-state index is 12.9. The van der Waals surface area contributed by atoms with Gasteiger partial charge in [0, 0.05) is 35.3 Å². The number of urea groups is 1. The molecule has 0 spiro atoms. The molecule has 4 rings (SSSR count). The fourth-order valence-electron chi connectivity index (χ4n) is 5.45. The molecule has 2 aromatic carbocycles. The lowest BCUT2D eigenvalue weighted by Gasteiger charge is -2.45. The largest absolute Gasteiger partial charge is 0.493 e. The first-order chi connectivity index (χ1) is 15.4. The van der Waals surface area contributed by atoms with E-state index in [-0.39, 0.29) is 17.5 Å². The van der Waals surface area contributed by atoms with Crippen LogP contribution in [0.1, 0.15) is 31.2 Å². The zero-order chi connectivity index (χ0) is 22.9. The molecule has 2 fully saturated rings. The van der Waals surface area contributed by atoms with Crippen molar-refractivity contribution in [3.8, 4) is 11.5 Å². The number of halogens is 1. The molecule has 1 N–H and O–H groups in total. The number of methoxy groups -OCH3 is 2. The Labute approximate surface area is 195 Å². The van der Waals surface area contributed by atoms with Crippen LogP contribution in [0.2, 0.25) is 5.02 Å². The Bertz CT molecular complexity index is 967. The molecule has 6 nitrogen and oxygen atoms in total. The molecular formula is C25H32ClN3O3. The van der Waals surface area contributed by atoms with Crippen LogP contribution >= 0.6 is 11.6 Å². The van der Waals surface area contributed by atoms with Gasteiger partial charge in [0.1, 0.15) is 0 Å². The fourth-order valence-corrected chi connectivity index (χ4v) is 5.57. The van der Waals surface area contributed by atoms with E-state index in [9.17, 15) is 4.79 Å². The Kier molecular flexibility index (Phi) is 6.54. The van der Waals surface area contributed by atoms with E-state index in [0.29, 0.717) is 11.1 Å². The first kappa shape index (κ1) is 22.7. The van der Waals surface area contributed by atoms with Crippen LogP contribution < -0.4 is 19.7 Å². The highest BCUT2D eigenvalue weighted by atomic mass is 35.5. The molecule has 1 aliphatic carbocycles. The molecule has 0 aromatic heterocycles. The summed E-state index contributed by atoms with van der Waals surface area (Å²) in [6.07, 6.45) is 3.99. The predicted octanol–water partition coefficient (Wildman–Crippen LogP) is 4.70. The van der Waals surface area contributed by atoms with Gasteiger partial charge in [-0.25, -0.2) is 4.79 Å². The van der Waals surface area contributed by atoms with Gasteiger partial charge in [-0.2, -0.15) is 0 Å². The van der Waals surface area contributed by atoms with Crippen LogP contribution in [0.25, 0.3) is 0 Å². The number of likely N-dealkylation sites (tertiary alicyclic amines) is 1. The molecular weight excluding hydrogens is 426 g/mol. The first-order valence-electron chi connectivity index (χ1n) is 11.1.